The molecule has 0 spiro atoms. The van der Waals surface area contributed by atoms with Crippen LogP contribution in [0.3, 0.4) is 0 Å². The van der Waals surface area contributed by atoms with Gasteiger partial charge in [-0.05, 0) is 30.5 Å². The first-order valence-electron chi connectivity index (χ1n) is 6.78. The van der Waals surface area contributed by atoms with Crippen LogP contribution >= 0.6 is 0 Å². The number of hydrogen-bond donors (Lipinski definition) is 1. The third-order valence-corrected chi connectivity index (χ3v) is 3.07. The van der Waals surface area contributed by atoms with E-state index < -0.39 is 0 Å². The van der Waals surface area contributed by atoms with Crippen molar-refractivity contribution in [1.29, 1.82) is 0 Å². The Labute approximate surface area is 124 Å². The highest BCUT2D eigenvalue weighted by Crippen LogP contribution is 2.14. The molecule has 0 saturated carbocycles. The summed E-state index contributed by atoms with van der Waals surface area (Å²) in [5.41, 5.74) is 1.99. The molecule has 0 radical (unpaired) electrons. The summed E-state index contributed by atoms with van der Waals surface area (Å²) in [4.78, 5) is 15.3. The van der Waals surface area contributed by atoms with Crippen LogP contribution in [0.2, 0.25) is 0 Å². The van der Waals surface area contributed by atoms with Crippen LogP contribution in [0.4, 0.5) is 0 Å². The highest BCUT2D eigenvalue weighted by Gasteiger charge is 2.02. The topological polar surface area (TPSA) is 42.0 Å². The number of fused-ring (bicyclic) bond motifs is 1. The molecule has 0 aliphatic carbocycles. The first-order valence-corrected chi connectivity index (χ1v) is 6.78. The van der Waals surface area contributed by atoms with Gasteiger partial charge in [0.2, 0.25) is 0 Å². The third kappa shape index (κ3) is 4.14. The van der Waals surface area contributed by atoms with Gasteiger partial charge >= 0.3 is 0 Å². The molecule has 0 unspecified atom stereocenters. The molecule has 1 N–H and O–H groups in total. The number of aromatic nitrogens is 1. The molecule has 3 rings (SSSR count). The van der Waals surface area contributed by atoms with Gasteiger partial charge in [0, 0.05) is 30.4 Å². The SMILES string of the molecule is CNC(=O)c1ccc2cnccc2c1.Cc1ccccc1. The number of carbonyl (C=O) groups is 1. The predicted molar refractivity (Wildman–Crippen MR) is 86.3 cm³/mol. The van der Waals surface area contributed by atoms with E-state index in [0.29, 0.717) is 5.56 Å². The quantitative estimate of drug-likeness (QED) is 0.739. The molecule has 3 nitrogen and oxygen atoms in total. The Morgan fingerprint density at radius 3 is 2.38 bits per heavy atom. The summed E-state index contributed by atoms with van der Waals surface area (Å²) in [7, 11) is 1.62. The van der Waals surface area contributed by atoms with Gasteiger partial charge in [-0.2, -0.15) is 0 Å². The average Bonchev–Trinajstić information content (AvgIpc) is 2.55. The van der Waals surface area contributed by atoms with Crippen molar-refractivity contribution in [1.82, 2.24) is 10.3 Å². The maximum atomic E-state index is 11.3. The summed E-state index contributed by atoms with van der Waals surface area (Å²) in [6.45, 7) is 2.08. The molecular weight excluding hydrogens is 260 g/mol. The maximum Gasteiger partial charge on any atom is 0.251 e. The van der Waals surface area contributed by atoms with E-state index in [-0.39, 0.29) is 5.91 Å². The highest BCUT2D eigenvalue weighted by atomic mass is 16.1. The van der Waals surface area contributed by atoms with Crippen molar-refractivity contribution in [2.75, 3.05) is 7.05 Å². The lowest BCUT2D eigenvalue weighted by molar-refractivity contribution is 0.0963. The smallest absolute Gasteiger partial charge is 0.251 e. The van der Waals surface area contributed by atoms with Crippen molar-refractivity contribution in [2.45, 2.75) is 6.92 Å². The molecule has 106 valence electrons. The van der Waals surface area contributed by atoms with E-state index in [1.54, 1.807) is 25.5 Å². The number of nitrogens with zero attached hydrogens (tertiary/aromatic N) is 1. The zero-order chi connectivity index (χ0) is 15.1. The zero-order valence-corrected chi connectivity index (χ0v) is 12.2. The van der Waals surface area contributed by atoms with Crippen molar-refractivity contribution in [2.24, 2.45) is 0 Å². The van der Waals surface area contributed by atoms with Gasteiger partial charge in [-0.15, -0.1) is 0 Å². The summed E-state index contributed by atoms with van der Waals surface area (Å²) >= 11 is 0. The zero-order valence-electron chi connectivity index (χ0n) is 12.2. The second-order valence-electron chi connectivity index (χ2n) is 4.67. The number of amides is 1. The van der Waals surface area contributed by atoms with E-state index in [4.69, 9.17) is 0 Å². The van der Waals surface area contributed by atoms with Gasteiger partial charge in [-0.3, -0.25) is 9.78 Å². The molecular formula is C18H18N2O. The second kappa shape index (κ2) is 7.20. The van der Waals surface area contributed by atoms with Crippen LogP contribution in [0, 0.1) is 6.92 Å². The average molecular weight is 278 g/mol. The predicted octanol–water partition coefficient (Wildman–Crippen LogP) is 3.59. The van der Waals surface area contributed by atoms with E-state index in [1.807, 2.05) is 36.4 Å². The highest BCUT2D eigenvalue weighted by molar-refractivity contribution is 5.98. The molecule has 1 amide bonds. The lowest BCUT2D eigenvalue weighted by Gasteiger charge is -2.01. The molecule has 0 bridgehead atoms. The van der Waals surface area contributed by atoms with Crippen molar-refractivity contribution in [3.05, 3.63) is 78.1 Å². The second-order valence-corrected chi connectivity index (χ2v) is 4.67. The Balaban J connectivity index is 0.000000194. The Morgan fingerprint density at radius 1 is 1.00 bits per heavy atom. The van der Waals surface area contributed by atoms with Gasteiger partial charge in [-0.1, -0.05) is 42.0 Å². The normalized spacial score (nSPS) is 9.62. The number of nitrogens with one attached hydrogen (secondary N) is 1. The molecule has 2 aromatic carbocycles. The Bertz CT molecular complexity index is 723. The van der Waals surface area contributed by atoms with Crippen LogP contribution in [-0.4, -0.2) is 17.9 Å². The van der Waals surface area contributed by atoms with Crippen LogP contribution < -0.4 is 5.32 Å². The fraction of sp³-hybridized carbons (Fsp3) is 0.111. The van der Waals surface area contributed by atoms with Crippen molar-refractivity contribution >= 4 is 16.7 Å². The minimum atomic E-state index is -0.0660. The van der Waals surface area contributed by atoms with Gasteiger partial charge in [0.1, 0.15) is 0 Å². The van der Waals surface area contributed by atoms with Crippen LogP contribution in [0.1, 0.15) is 15.9 Å². The maximum absolute atomic E-state index is 11.3. The molecule has 21 heavy (non-hydrogen) atoms. The standard InChI is InChI=1S/C11H10N2O.C7H8/c1-12-11(14)9-2-3-10-7-13-5-4-8(10)6-9;1-7-5-3-2-4-6-7/h2-7H,1H3,(H,12,14);2-6H,1H3. The Morgan fingerprint density at radius 2 is 1.76 bits per heavy atom. The van der Waals surface area contributed by atoms with Crippen LogP contribution in [0.5, 0.6) is 0 Å². The number of benzene rings is 2. The van der Waals surface area contributed by atoms with Crippen molar-refractivity contribution in [3.8, 4) is 0 Å². The lowest BCUT2D eigenvalue weighted by atomic mass is 10.1. The monoisotopic (exact) mass is 278 g/mol. The summed E-state index contributed by atoms with van der Waals surface area (Å²) < 4.78 is 0. The number of pyridine rings is 1. The minimum Gasteiger partial charge on any atom is -0.355 e. The summed E-state index contributed by atoms with van der Waals surface area (Å²) in [5, 5.41) is 4.66. The van der Waals surface area contributed by atoms with Gasteiger partial charge in [0.05, 0.1) is 0 Å². The molecule has 0 fully saturated rings. The number of hydrogen-bond acceptors (Lipinski definition) is 2. The summed E-state index contributed by atoms with van der Waals surface area (Å²) in [6.07, 6.45) is 3.50. The van der Waals surface area contributed by atoms with Gasteiger partial charge in [-0.25, -0.2) is 0 Å². The number of rotatable bonds is 1. The lowest BCUT2D eigenvalue weighted by Crippen LogP contribution is -2.17. The Hall–Kier alpha value is -2.68. The molecule has 1 heterocycles. The molecule has 0 saturated heterocycles. The largest absolute Gasteiger partial charge is 0.355 e. The molecule has 0 aliphatic rings. The molecule has 1 aromatic heterocycles. The van der Waals surface area contributed by atoms with Crippen LogP contribution in [0.15, 0.2) is 67.0 Å². The van der Waals surface area contributed by atoms with Crippen molar-refractivity contribution < 1.29 is 4.79 Å². The van der Waals surface area contributed by atoms with Gasteiger partial charge in [0.25, 0.3) is 5.91 Å². The molecule has 0 atom stereocenters. The first-order chi connectivity index (χ1) is 10.2. The fourth-order valence-electron chi connectivity index (χ4n) is 1.90. The van der Waals surface area contributed by atoms with Crippen LogP contribution in [0.25, 0.3) is 10.8 Å². The summed E-state index contributed by atoms with van der Waals surface area (Å²) in [5.74, 6) is -0.0660. The number of carbonyl (C=O) groups excluding carboxylic acids is 1. The van der Waals surface area contributed by atoms with Crippen LogP contribution in [-0.2, 0) is 0 Å². The van der Waals surface area contributed by atoms with E-state index in [0.717, 1.165) is 10.8 Å². The fourth-order valence-corrected chi connectivity index (χ4v) is 1.90. The molecule has 3 heteroatoms. The Kier molecular flexibility index (Phi) is 5.04. The van der Waals surface area contributed by atoms with E-state index in [1.165, 1.54) is 5.56 Å². The van der Waals surface area contributed by atoms with Gasteiger partial charge < -0.3 is 5.32 Å². The van der Waals surface area contributed by atoms with E-state index in [9.17, 15) is 4.79 Å². The van der Waals surface area contributed by atoms with E-state index >= 15 is 0 Å². The van der Waals surface area contributed by atoms with Gasteiger partial charge in [0.15, 0.2) is 0 Å². The molecule has 3 aromatic rings. The minimum absolute atomic E-state index is 0.0660. The third-order valence-electron chi connectivity index (χ3n) is 3.07. The molecule has 0 aliphatic heterocycles. The van der Waals surface area contributed by atoms with E-state index in [2.05, 4.69) is 29.4 Å². The first kappa shape index (κ1) is 14.7. The summed E-state index contributed by atoms with van der Waals surface area (Å²) in [6, 6.07) is 17.7. The number of aryl methyl sites for hydroxylation is 1. The van der Waals surface area contributed by atoms with Crippen molar-refractivity contribution in [3.63, 3.8) is 0 Å².